The van der Waals surface area contributed by atoms with Gasteiger partial charge in [0.15, 0.2) is 6.61 Å². The third-order valence-corrected chi connectivity index (χ3v) is 4.10. The fourth-order valence-electron chi connectivity index (χ4n) is 1.76. The molecule has 0 unspecified atom stereocenters. The molecule has 1 aromatic carbocycles. The van der Waals surface area contributed by atoms with Gasteiger partial charge in [0, 0.05) is 15.4 Å². The largest absolute Gasteiger partial charge is 0.322 e. The van der Waals surface area contributed by atoms with Crippen LogP contribution in [-0.4, -0.2) is 18.4 Å². The van der Waals surface area contributed by atoms with Crippen molar-refractivity contribution >= 4 is 49.4 Å². The highest BCUT2D eigenvalue weighted by Gasteiger charge is 2.11. The Bertz CT molecular complexity index is 513. The van der Waals surface area contributed by atoms with E-state index in [9.17, 15) is 9.59 Å². The summed E-state index contributed by atoms with van der Waals surface area (Å²) in [6, 6.07) is 3.80. The first-order valence-electron chi connectivity index (χ1n) is 7.10. The maximum Gasteiger partial charge on any atom is 0.253 e. The van der Waals surface area contributed by atoms with Gasteiger partial charge in [-0.05, 0) is 62.9 Å². The lowest BCUT2D eigenvalue weighted by Crippen LogP contribution is -2.29. The lowest BCUT2D eigenvalue weighted by atomic mass is 10.2. The van der Waals surface area contributed by atoms with Gasteiger partial charge in [0.2, 0.25) is 5.91 Å². The van der Waals surface area contributed by atoms with E-state index in [0.717, 1.165) is 33.8 Å². The van der Waals surface area contributed by atoms with Gasteiger partial charge >= 0.3 is 0 Å². The van der Waals surface area contributed by atoms with Crippen molar-refractivity contribution in [2.45, 2.75) is 39.5 Å². The number of anilines is 1. The highest BCUT2D eigenvalue weighted by Crippen LogP contribution is 2.32. The molecule has 0 aliphatic heterocycles. The van der Waals surface area contributed by atoms with E-state index < -0.39 is 0 Å². The Balaban J connectivity index is 2.37. The van der Waals surface area contributed by atoms with Crippen LogP contribution in [0, 0.1) is 6.92 Å². The molecule has 0 fully saturated rings. The lowest BCUT2D eigenvalue weighted by molar-refractivity contribution is -0.137. The summed E-state index contributed by atoms with van der Waals surface area (Å²) in [6.07, 6.45) is 3.28. The van der Waals surface area contributed by atoms with Crippen molar-refractivity contribution in [3.63, 3.8) is 0 Å². The molecule has 1 aromatic rings. The van der Waals surface area contributed by atoms with Crippen LogP contribution in [0.5, 0.6) is 0 Å². The highest BCUT2D eigenvalue weighted by atomic mass is 79.9. The summed E-state index contributed by atoms with van der Waals surface area (Å²) in [7, 11) is 0. The van der Waals surface area contributed by atoms with Gasteiger partial charge in [0.05, 0.1) is 5.69 Å². The quantitative estimate of drug-likeness (QED) is 0.477. The molecule has 0 heterocycles. The van der Waals surface area contributed by atoms with Crippen molar-refractivity contribution < 1.29 is 14.4 Å². The van der Waals surface area contributed by atoms with Crippen LogP contribution < -0.4 is 10.8 Å². The number of halogens is 2. The maximum atomic E-state index is 11.8. The summed E-state index contributed by atoms with van der Waals surface area (Å²) < 4.78 is 1.55. The van der Waals surface area contributed by atoms with Crippen molar-refractivity contribution in [2.75, 3.05) is 11.9 Å². The molecule has 0 aliphatic rings. The van der Waals surface area contributed by atoms with E-state index in [1.807, 2.05) is 19.1 Å². The van der Waals surface area contributed by atoms with Gasteiger partial charge in [-0.1, -0.05) is 19.8 Å². The fourth-order valence-corrected chi connectivity index (χ4v) is 3.38. The van der Waals surface area contributed by atoms with Crippen molar-refractivity contribution in [3.8, 4) is 0 Å². The van der Waals surface area contributed by atoms with Gasteiger partial charge < -0.3 is 5.32 Å². The Morgan fingerprint density at radius 3 is 2.36 bits per heavy atom. The summed E-state index contributed by atoms with van der Waals surface area (Å²) in [5, 5.41) is 2.72. The molecule has 2 amide bonds. The van der Waals surface area contributed by atoms with Crippen LogP contribution in [0.1, 0.15) is 38.2 Å². The summed E-state index contributed by atoms with van der Waals surface area (Å²) in [6.45, 7) is 3.78. The summed E-state index contributed by atoms with van der Waals surface area (Å²) in [4.78, 5) is 28.2. The zero-order chi connectivity index (χ0) is 16.5. The Morgan fingerprint density at radius 1 is 1.14 bits per heavy atom. The summed E-state index contributed by atoms with van der Waals surface area (Å²) in [5.41, 5.74) is 3.97. The number of rotatable bonds is 8. The molecule has 0 radical (unpaired) electrons. The molecule has 22 heavy (non-hydrogen) atoms. The van der Waals surface area contributed by atoms with E-state index in [0.29, 0.717) is 12.1 Å². The molecule has 0 aliphatic carbocycles. The second-order valence-electron chi connectivity index (χ2n) is 4.92. The second-order valence-corrected chi connectivity index (χ2v) is 6.63. The third kappa shape index (κ3) is 6.89. The Hall–Kier alpha value is -0.920. The highest BCUT2D eigenvalue weighted by molar-refractivity contribution is 9.11. The number of carbonyl (C=O) groups is 2. The Labute approximate surface area is 147 Å². The van der Waals surface area contributed by atoms with Crippen molar-refractivity contribution in [1.29, 1.82) is 0 Å². The van der Waals surface area contributed by atoms with Gasteiger partial charge in [-0.3, -0.25) is 14.4 Å². The van der Waals surface area contributed by atoms with E-state index >= 15 is 0 Å². The van der Waals surface area contributed by atoms with Crippen LogP contribution in [0.4, 0.5) is 5.69 Å². The van der Waals surface area contributed by atoms with Gasteiger partial charge in [0.25, 0.3) is 5.91 Å². The number of unbranched alkanes of at least 4 members (excludes halogenated alkanes) is 2. The zero-order valence-electron chi connectivity index (χ0n) is 12.7. The lowest BCUT2D eigenvalue weighted by Gasteiger charge is -2.11. The first-order valence-corrected chi connectivity index (χ1v) is 8.68. The predicted molar refractivity (Wildman–Crippen MR) is 93.4 cm³/mol. The van der Waals surface area contributed by atoms with E-state index in [4.69, 9.17) is 4.84 Å². The molecule has 0 saturated heterocycles. The fraction of sp³-hybridized carbons (Fsp3) is 0.467. The second kappa shape index (κ2) is 9.97. The molecule has 1 rings (SSSR count). The molecule has 5 nitrogen and oxygen atoms in total. The van der Waals surface area contributed by atoms with E-state index in [2.05, 4.69) is 49.6 Å². The number of benzene rings is 1. The average Bonchev–Trinajstić information content (AvgIpc) is 2.43. The van der Waals surface area contributed by atoms with Gasteiger partial charge in [-0.2, -0.15) is 0 Å². The number of hydroxylamine groups is 1. The minimum Gasteiger partial charge on any atom is -0.322 e. The minimum absolute atomic E-state index is 0.209. The van der Waals surface area contributed by atoms with Crippen molar-refractivity contribution in [3.05, 3.63) is 26.6 Å². The molecule has 0 spiro atoms. The molecule has 7 heteroatoms. The summed E-state index contributed by atoms with van der Waals surface area (Å²) >= 11 is 6.80. The monoisotopic (exact) mass is 434 g/mol. The van der Waals surface area contributed by atoms with Crippen LogP contribution in [-0.2, 0) is 14.4 Å². The Kier molecular flexibility index (Phi) is 8.67. The normalized spacial score (nSPS) is 10.4. The standard InChI is InChI=1S/C15H20Br2N2O3/c1-3-4-5-6-13(20)19-22-9-14(21)18-15-11(16)7-10(2)8-12(15)17/h7-8H,3-6,9H2,1-2H3,(H,18,21)(H,19,20). The molecule has 0 atom stereocenters. The third-order valence-electron chi connectivity index (χ3n) is 2.85. The predicted octanol–water partition coefficient (Wildman–Crippen LogP) is 4.09. The summed E-state index contributed by atoms with van der Waals surface area (Å²) in [5.74, 6) is -0.557. The first-order chi connectivity index (χ1) is 10.4. The minimum atomic E-state index is -0.348. The number of carbonyl (C=O) groups excluding carboxylic acids is 2. The number of amides is 2. The van der Waals surface area contributed by atoms with Crippen LogP contribution in [0.3, 0.4) is 0 Å². The number of hydrogen-bond donors (Lipinski definition) is 2. The van der Waals surface area contributed by atoms with E-state index in [-0.39, 0.29) is 18.4 Å². The molecule has 0 aromatic heterocycles. The molecule has 0 bridgehead atoms. The van der Waals surface area contributed by atoms with Crippen LogP contribution in [0.25, 0.3) is 0 Å². The first kappa shape index (κ1) is 19.1. The maximum absolute atomic E-state index is 11.8. The van der Waals surface area contributed by atoms with E-state index in [1.165, 1.54) is 0 Å². The number of aryl methyl sites for hydroxylation is 1. The Morgan fingerprint density at radius 2 is 1.77 bits per heavy atom. The van der Waals surface area contributed by atoms with Crippen molar-refractivity contribution in [2.24, 2.45) is 0 Å². The van der Waals surface area contributed by atoms with Gasteiger partial charge in [-0.15, -0.1) is 0 Å². The van der Waals surface area contributed by atoms with Crippen LogP contribution >= 0.6 is 31.9 Å². The molecule has 0 saturated carbocycles. The molecule has 122 valence electrons. The SMILES string of the molecule is CCCCCC(=O)NOCC(=O)Nc1c(Br)cc(C)cc1Br. The van der Waals surface area contributed by atoms with E-state index in [1.54, 1.807) is 0 Å². The van der Waals surface area contributed by atoms with Gasteiger partial charge in [-0.25, -0.2) is 5.48 Å². The molecular weight excluding hydrogens is 416 g/mol. The number of nitrogens with one attached hydrogen (secondary N) is 2. The number of hydrogen-bond acceptors (Lipinski definition) is 3. The topological polar surface area (TPSA) is 67.4 Å². The zero-order valence-corrected chi connectivity index (χ0v) is 15.8. The van der Waals surface area contributed by atoms with Crippen LogP contribution in [0.15, 0.2) is 21.1 Å². The smallest absolute Gasteiger partial charge is 0.253 e. The average molecular weight is 436 g/mol. The van der Waals surface area contributed by atoms with Crippen molar-refractivity contribution in [1.82, 2.24) is 5.48 Å². The van der Waals surface area contributed by atoms with Gasteiger partial charge in [0.1, 0.15) is 0 Å². The van der Waals surface area contributed by atoms with Crippen LogP contribution in [0.2, 0.25) is 0 Å². The molecule has 2 N–H and O–H groups in total. The molecular formula is C15H20Br2N2O3.